The minimum Gasteiger partial charge on any atom is -0.481 e. The Morgan fingerprint density at radius 2 is 2.02 bits per heavy atom. The predicted octanol–water partition coefficient (Wildman–Crippen LogP) is 1.64. The van der Waals surface area contributed by atoms with Gasteiger partial charge in [0, 0.05) is 80.5 Å². The van der Waals surface area contributed by atoms with E-state index in [1.807, 2.05) is 17.3 Å². The molecule has 0 saturated carbocycles. The lowest BCUT2D eigenvalue weighted by atomic mass is 9.96. The smallest absolute Gasteiger partial charge is 0.337 e. The van der Waals surface area contributed by atoms with Gasteiger partial charge in [0.05, 0.1) is 25.1 Å². The maximum absolute atomic E-state index is 14.8. The van der Waals surface area contributed by atoms with Gasteiger partial charge in [0.15, 0.2) is 10.8 Å². The number of carbonyl (C=O) groups excluding carboxylic acids is 2. The van der Waals surface area contributed by atoms with Gasteiger partial charge in [-0.15, -0.1) is 11.3 Å². The monoisotopic (exact) mass is 613 g/mol. The number of piperazine rings is 1. The molecule has 1 aromatic heterocycles. The fourth-order valence-electron chi connectivity index (χ4n) is 5.72. The number of carboxylic acid groups (broad SMARTS) is 1. The van der Waals surface area contributed by atoms with Crippen molar-refractivity contribution in [2.75, 3.05) is 76.3 Å². The van der Waals surface area contributed by atoms with Gasteiger partial charge in [-0.25, -0.2) is 14.2 Å². The standard InChI is InChI=1S/C29H36FN7O5S/c1-34-8-9-35(17-25-24(29(41)42-2)14-32-26(33-25)27-31-5-10-43-27)15-23(34)16-37(18-38)22-12-20(30)11-21(13-22)36-6-3-19(4-7-36)28(39)40/h5,10-13,18-19,23H,3-4,6-9,14-17H2,1-2H3,(H,32,33)(H,39,40). The van der Waals surface area contributed by atoms with Crippen LogP contribution in [0.1, 0.15) is 17.8 Å². The third-order valence-electron chi connectivity index (χ3n) is 8.28. The van der Waals surface area contributed by atoms with Crippen LogP contribution in [-0.4, -0.2) is 117 Å². The van der Waals surface area contributed by atoms with Crippen molar-refractivity contribution in [3.63, 3.8) is 0 Å². The number of nitrogens with zero attached hydrogens (tertiary/aromatic N) is 6. The molecule has 1 unspecified atom stereocenters. The number of ether oxygens (including phenoxy) is 1. The number of hydrogen-bond donors (Lipinski definition) is 2. The van der Waals surface area contributed by atoms with Gasteiger partial charge < -0.3 is 25.0 Å². The van der Waals surface area contributed by atoms with Crippen molar-refractivity contribution in [2.24, 2.45) is 10.9 Å². The van der Waals surface area contributed by atoms with Crippen LogP contribution in [0.2, 0.25) is 0 Å². The van der Waals surface area contributed by atoms with E-state index in [1.165, 1.54) is 35.5 Å². The molecular formula is C29H36FN7O5S. The SMILES string of the molecule is COC(=O)C1=C(CN2CCN(C)C(CN(C=O)c3cc(F)cc(N4CCC(C(=O)O)CC4)c3)C2)NC(c2nccs2)=NC1. The summed E-state index contributed by atoms with van der Waals surface area (Å²) in [5, 5.41) is 15.2. The molecule has 0 aliphatic carbocycles. The molecule has 1 atom stereocenters. The third-order valence-corrected chi connectivity index (χ3v) is 9.06. The Balaban J connectivity index is 1.28. The zero-order chi connectivity index (χ0) is 30.5. The number of piperidine rings is 1. The highest BCUT2D eigenvalue weighted by Crippen LogP contribution is 2.29. The summed E-state index contributed by atoms with van der Waals surface area (Å²) in [4.78, 5) is 52.9. The summed E-state index contributed by atoms with van der Waals surface area (Å²) in [5.74, 6) is -1.47. The number of hydrogen-bond acceptors (Lipinski definition) is 11. The van der Waals surface area contributed by atoms with Crippen molar-refractivity contribution >= 4 is 46.9 Å². The first-order valence-electron chi connectivity index (χ1n) is 14.2. The molecule has 14 heteroatoms. The maximum atomic E-state index is 14.8. The summed E-state index contributed by atoms with van der Waals surface area (Å²) < 4.78 is 19.8. The molecule has 2 saturated heterocycles. The average molecular weight is 614 g/mol. The van der Waals surface area contributed by atoms with Crippen molar-refractivity contribution in [3.8, 4) is 0 Å². The van der Waals surface area contributed by atoms with Gasteiger partial charge in [0.25, 0.3) is 0 Å². The van der Waals surface area contributed by atoms with Gasteiger partial charge >= 0.3 is 11.9 Å². The van der Waals surface area contributed by atoms with E-state index < -0.39 is 23.7 Å². The van der Waals surface area contributed by atoms with Crippen LogP contribution in [0.5, 0.6) is 0 Å². The lowest BCUT2D eigenvalue weighted by molar-refractivity contribution is -0.142. The van der Waals surface area contributed by atoms with E-state index in [1.54, 1.807) is 12.3 Å². The number of thiazole rings is 1. The Kier molecular flexibility index (Phi) is 9.68. The number of carboxylic acids is 1. The van der Waals surface area contributed by atoms with E-state index in [2.05, 4.69) is 25.1 Å². The molecule has 0 radical (unpaired) electrons. The Bertz CT molecular complexity index is 1390. The molecule has 2 N–H and O–H groups in total. The van der Waals surface area contributed by atoms with Crippen LogP contribution in [-0.2, 0) is 19.1 Å². The molecule has 3 aliphatic rings. The Labute approximate surface area is 253 Å². The topological polar surface area (TPSA) is 131 Å². The van der Waals surface area contributed by atoms with E-state index in [-0.39, 0.29) is 12.6 Å². The van der Waals surface area contributed by atoms with E-state index in [0.717, 1.165) is 24.5 Å². The lowest BCUT2D eigenvalue weighted by Gasteiger charge is -2.41. The fourth-order valence-corrected chi connectivity index (χ4v) is 6.32. The fraction of sp³-hybridized carbons (Fsp3) is 0.483. The molecule has 2 fully saturated rings. The molecule has 4 heterocycles. The number of amides is 1. The second-order valence-corrected chi connectivity index (χ2v) is 11.9. The number of aromatic nitrogens is 1. The second kappa shape index (κ2) is 13.6. The molecule has 2 aromatic rings. The third kappa shape index (κ3) is 7.20. The molecule has 5 rings (SSSR count). The summed E-state index contributed by atoms with van der Waals surface area (Å²) in [5.41, 5.74) is 2.26. The predicted molar refractivity (Wildman–Crippen MR) is 161 cm³/mol. The first kappa shape index (κ1) is 30.6. The normalized spacial score (nSPS) is 20.4. The largest absolute Gasteiger partial charge is 0.481 e. The van der Waals surface area contributed by atoms with Crippen molar-refractivity contribution in [1.29, 1.82) is 0 Å². The van der Waals surface area contributed by atoms with Crippen molar-refractivity contribution < 1.29 is 28.6 Å². The lowest BCUT2D eigenvalue weighted by Crippen LogP contribution is -2.56. The number of carbonyl (C=O) groups is 3. The number of aliphatic imine (C=N–C) groups is 1. The second-order valence-electron chi connectivity index (χ2n) is 11.0. The highest BCUT2D eigenvalue weighted by atomic mass is 32.1. The number of rotatable bonds is 10. The minimum atomic E-state index is -0.803. The number of likely N-dealkylation sites (N-methyl/N-ethyl adjacent to an activating group) is 1. The molecule has 230 valence electrons. The van der Waals surface area contributed by atoms with Crippen LogP contribution < -0.4 is 15.1 Å². The quantitative estimate of drug-likeness (QED) is 0.301. The molecule has 0 bridgehead atoms. The number of esters is 1. The van der Waals surface area contributed by atoms with Crippen LogP contribution in [0, 0.1) is 11.7 Å². The van der Waals surface area contributed by atoms with E-state index in [4.69, 9.17) is 4.74 Å². The number of benzene rings is 1. The van der Waals surface area contributed by atoms with Gasteiger partial charge in [-0.05, 0) is 38.1 Å². The minimum absolute atomic E-state index is 0.0603. The van der Waals surface area contributed by atoms with Crippen LogP contribution in [0.25, 0.3) is 0 Å². The van der Waals surface area contributed by atoms with Gasteiger partial charge in [-0.1, -0.05) is 0 Å². The first-order chi connectivity index (χ1) is 20.7. The average Bonchev–Trinajstić information content (AvgIpc) is 3.56. The molecule has 1 aromatic carbocycles. The number of aliphatic carboxylic acids is 1. The molecular weight excluding hydrogens is 577 g/mol. The zero-order valence-electron chi connectivity index (χ0n) is 24.2. The molecule has 43 heavy (non-hydrogen) atoms. The number of amidine groups is 1. The van der Waals surface area contributed by atoms with Crippen molar-refractivity contribution in [3.05, 3.63) is 51.9 Å². The molecule has 12 nitrogen and oxygen atoms in total. The summed E-state index contributed by atoms with van der Waals surface area (Å²) >= 11 is 1.46. The van der Waals surface area contributed by atoms with Crippen LogP contribution >= 0.6 is 11.3 Å². The summed E-state index contributed by atoms with van der Waals surface area (Å²) in [6.07, 6.45) is 3.40. The van der Waals surface area contributed by atoms with E-state index >= 15 is 0 Å². The summed E-state index contributed by atoms with van der Waals surface area (Å²) in [7, 11) is 3.35. The zero-order valence-corrected chi connectivity index (χ0v) is 25.1. The van der Waals surface area contributed by atoms with Gasteiger partial charge in [0.1, 0.15) is 5.82 Å². The van der Waals surface area contributed by atoms with Gasteiger partial charge in [-0.3, -0.25) is 24.4 Å². The number of halogens is 1. The number of anilines is 2. The first-order valence-corrected chi connectivity index (χ1v) is 15.1. The van der Waals surface area contributed by atoms with Crippen LogP contribution in [0.15, 0.2) is 46.0 Å². The van der Waals surface area contributed by atoms with Crippen LogP contribution in [0.3, 0.4) is 0 Å². The highest BCUT2D eigenvalue weighted by molar-refractivity contribution is 7.11. The van der Waals surface area contributed by atoms with Gasteiger partial charge in [-0.2, -0.15) is 0 Å². The molecule has 1 amide bonds. The summed E-state index contributed by atoms with van der Waals surface area (Å²) in [6.45, 7) is 4.08. The van der Waals surface area contributed by atoms with Crippen molar-refractivity contribution in [2.45, 2.75) is 18.9 Å². The molecule has 3 aliphatic heterocycles. The van der Waals surface area contributed by atoms with Gasteiger partial charge in [0.2, 0.25) is 6.41 Å². The number of nitrogens with one attached hydrogen (secondary N) is 1. The van der Waals surface area contributed by atoms with Crippen LogP contribution in [0.4, 0.5) is 15.8 Å². The Morgan fingerprint density at radius 1 is 1.23 bits per heavy atom. The molecule has 0 spiro atoms. The summed E-state index contributed by atoms with van der Waals surface area (Å²) in [6, 6.07) is 4.50. The maximum Gasteiger partial charge on any atom is 0.337 e. The Morgan fingerprint density at radius 3 is 2.70 bits per heavy atom. The highest BCUT2D eigenvalue weighted by Gasteiger charge is 2.31. The van der Waals surface area contributed by atoms with E-state index in [0.29, 0.717) is 74.0 Å². The van der Waals surface area contributed by atoms with Crippen molar-refractivity contribution in [1.82, 2.24) is 20.1 Å². The van der Waals surface area contributed by atoms with E-state index in [9.17, 15) is 23.9 Å². The Hall–Kier alpha value is -3.88. The number of methoxy groups -OCH3 is 1.